The van der Waals surface area contributed by atoms with Gasteiger partial charge in [0.1, 0.15) is 5.54 Å². The van der Waals surface area contributed by atoms with Crippen molar-refractivity contribution in [3.63, 3.8) is 0 Å². The molecule has 4 heteroatoms. The quantitative estimate of drug-likeness (QED) is 0.729. The lowest BCUT2D eigenvalue weighted by Gasteiger charge is -2.37. The van der Waals surface area contributed by atoms with Gasteiger partial charge in [-0.15, -0.1) is 0 Å². The molecule has 1 unspecified atom stereocenters. The molecular weight excluding hydrogens is 252 g/mol. The second kappa shape index (κ2) is 7.41. The molecule has 1 fully saturated rings. The first-order chi connectivity index (χ1) is 9.33. The van der Waals surface area contributed by atoms with Crippen LogP contribution in [0, 0.1) is 5.41 Å². The monoisotopic (exact) mass is 284 g/mol. The van der Waals surface area contributed by atoms with Crippen LogP contribution in [0.15, 0.2) is 0 Å². The molecule has 4 nitrogen and oxygen atoms in total. The highest BCUT2D eigenvalue weighted by atomic mass is 16.5. The molecule has 0 saturated carbocycles. The summed E-state index contributed by atoms with van der Waals surface area (Å²) in [5.74, 6) is -0.137. The van der Waals surface area contributed by atoms with Crippen molar-refractivity contribution in [2.75, 3.05) is 33.3 Å². The van der Waals surface area contributed by atoms with E-state index in [1.807, 2.05) is 20.9 Å². The number of hydrogen-bond donors (Lipinski definition) is 1. The summed E-state index contributed by atoms with van der Waals surface area (Å²) >= 11 is 0. The summed E-state index contributed by atoms with van der Waals surface area (Å²) in [7, 11) is 1.83. The predicted molar refractivity (Wildman–Crippen MR) is 82.8 cm³/mol. The molecule has 0 aliphatic carbocycles. The number of piperidine rings is 1. The molecule has 118 valence electrons. The molecular formula is C16H32N2O2. The summed E-state index contributed by atoms with van der Waals surface area (Å²) < 4.78 is 5.15. The summed E-state index contributed by atoms with van der Waals surface area (Å²) in [5, 5.41) is 3.12. The maximum atomic E-state index is 12.0. The Bertz CT molecular complexity index is 308. The first-order valence-corrected chi connectivity index (χ1v) is 7.91. The fourth-order valence-electron chi connectivity index (χ4n) is 2.66. The Labute approximate surface area is 124 Å². The standard InChI is InChI=1S/C16H32N2O2/c1-6-20-14(19)16(4,17-5)8-7-11-18-12-9-15(2,3)10-13-18/h17H,6-13H2,1-5H3. The molecule has 0 aromatic rings. The number of hydrogen-bond acceptors (Lipinski definition) is 4. The van der Waals surface area contributed by atoms with E-state index in [-0.39, 0.29) is 5.97 Å². The van der Waals surface area contributed by atoms with E-state index in [1.54, 1.807) is 0 Å². The van der Waals surface area contributed by atoms with Crippen molar-refractivity contribution in [2.45, 2.75) is 58.9 Å². The van der Waals surface area contributed by atoms with Gasteiger partial charge in [0.05, 0.1) is 6.61 Å². The van der Waals surface area contributed by atoms with Gasteiger partial charge < -0.3 is 15.0 Å². The molecule has 1 aliphatic rings. The summed E-state index contributed by atoms with van der Waals surface area (Å²) in [6.45, 7) is 12.4. The molecule has 0 spiro atoms. The van der Waals surface area contributed by atoms with Crippen LogP contribution in [0.25, 0.3) is 0 Å². The van der Waals surface area contributed by atoms with Crippen LogP contribution in [0.3, 0.4) is 0 Å². The van der Waals surface area contributed by atoms with Gasteiger partial charge in [0.25, 0.3) is 0 Å². The van der Waals surface area contributed by atoms with E-state index < -0.39 is 5.54 Å². The van der Waals surface area contributed by atoms with Crippen molar-refractivity contribution >= 4 is 5.97 Å². The van der Waals surface area contributed by atoms with Crippen molar-refractivity contribution in [3.8, 4) is 0 Å². The molecule has 0 aromatic carbocycles. The first kappa shape index (κ1) is 17.4. The summed E-state index contributed by atoms with van der Waals surface area (Å²) in [5.41, 5.74) is -0.0496. The third-order valence-electron chi connectivity index (χ3n) is 4.64. The van der Waals surface area contributed by atoms with E-state index in [1.165, 1.54) is 25.9 Å². The minimum absolute atomic E-state index is 0.137. The molecule has 20 heavy (non-hydrogen) atoms. The Morgan fingerprint density at radius 1 is 1.35 bits per heavy atom. The fraction of sp³-hybridized carbons (Fsp3) is 0.938. The lowest BCUT2D eigenvalue weighted by Crippen LogP contribution is -2.49. The first-order valence-electron chi connectivity index (χ1n) is 7.91. The van der Waals surface area contributed by atoms with E-state index in [0.717, 1.165) is 19.4 Å². The van der Waals surface area contributed by atoms with Crippen LogP contribution in [-0.2, 0) is 9.53 Å². The summed E-state index contributed by atoms with van der Waals surface area (Å²) in [6, 6.07) is 0. The average Bonchev–Trinajstić information content (AvgIpc) is 2.40. The second-order valence-electron chi connectivity index (χ2n) is 6.91. The van der Waals surface area contributed by atoms with Crippen LogP contribution < -0.4 is 5.32 Å². The third-order valence-corrected chi connectivity index (χ3v) is 4.64. The molecule has 1 atom stereocenters. The fourth-order valence-corrected chi connectivity index (χ4v) is 2.66. The van der Waals surface area contributed by atoms with Crippen molar-refractivity contribution in [3.05, 3.63) is 0 Å². The number of esters is 1. The summed E-state index contributed by atoms with van der Waals surface area (Å²) in [4.78, 5) is 14.5. The molecule has 0 aromatic heterocycles. The molecule has 0 bridgehead atoms. The molecule has 1 heterocycles. The molecule has 1 saturated heterocycles. The maximum absolute atomic E-state index is 12.0. The Hall–Kier alpha value is -0.610. The number of carbonyl (C=O) groups excluding carboxylic acids is 1. The number of ether oxygens (including phenoxy) is 1. The third kappa shape index (κ3) is 5.06. The molecule has 1 aliphatic heterocycles. The minimum atomic E-state index is -0.551. The van der Waals surface area contributed by atoms with E-state index in [2.05, 4.69) is 24.1 Å². The average molecular weight is 284 g/mol. The topological polar surface area (TPSA) is 41.6 Å². The van der Waals surface area contributed by atoms with Crippen molar-refractivity contribution in [1.29, 1.82) is 0 Å². The number of likely N-dealkylation sites (N-methyl/N-ethyl adjacent to an activating group) is 1. The van der Waals surface area contributed by atoms with Gasteiger partial charge in [0.2, 0.25) is 0 Å². The Balaban J connectivity index is 2.33. The van der Waals surface area contributed by atoms with Crippen molar-refractivity contribution in [2.24, 2.45) is 5.41 Å². The second-order valence-corrected chi connectivity index (χ2v) is 6.91. The van der Waals surface area contributed by atoms with E-state index >= 15 is 0 Å². The highest BCUT2D eigenvalue weighted by molar-refractivity contribution is 5.80. The van der Waals surface area contributed by atoms with Gasteiger partial charge in [-0.05, 0) is 71.6 Å². The van der Waals surface area contributed by atoms with Gasteiger partial charge in [0.15, 0.2) is 0 Å². The molecule has 1 N–H and O–H groups in total. The van der Waals surface area contributed by atoms with Gasteiger partial charge in [-0.2, -0.15) is 0 Å². The Morgan fingerprint density at radius 3 is 2.45 bits per heavy atom. The minimum Gasteiger partial charge on any atom is -0.465 e. The smallest absolute Gasteiger partial charge is 0.326 e. The lowest BCUT2D eigenvalue weighted by atomic mass is 9.82. The largest absolute Gasteiger partial charge is 0.465 e. The normalized spacial score (nSPS) is 22.2. The van der Waals surface area contributed by atoms with Gasteiger partial charge in [-0.3, -0.25) is 4.79 Å². The van der Waals surface area contributed by atoms with Crippen LogP contribution in [-0.4, -0.2) is 49.7 Å². The number of nitrogens with zero attached hydrogens (tertiary/aromatic N) is 1. The van der Waals surface area contributed by atoms with Crippen LogP contribution in [0.4, 0.5) is 0 Å². The Morgan fingerprint density at radius 2 is 1.95 bits per heavy atom. The zero-order valence-electron chi connectivity index (χ0n) is 13.9. The SMILES string of the molecule is CCOC(=O)C(C)(CCCN1CCC(C)(C)CC1)NC. The number of nitrogens with one attached hydrogen (secondary N) is 1. The Kier molecular flexibility index (Phi) is 6.46. The molecule has 0 radical (unpaired) electrons. The van der Waals surface area contributed by atoms with E-state index in [9.17, 15) is 4.79 Å². The van der Waals surface area contributed by atoms with Gasteiger partial charge in [-0.25, -0.2) is 0 Å². The van der Waals surface area contributed by atoms with Crippen LogP contribution in [0.1, 0.15) is 53.4 Å². The zero-order valence-corrected chi connectivity index (χ0v) is 13.9. The van der Waals surface area contributed by atoms with Gasteiger partial charge in [0, 0.05) is 0 Å². The van der Waals surface area contributed by atoms with Crippen LogP contribution >= 0.6 is 0 Å². The van der Waals surface area contributed by atoms with Crippen molar-refractivity contribution < 1.29 is 9.53 Å². The summed E-state index contributed by atoms with van der Waals surface area (Å²) in [6.07, 6.45) is 4.39. The van der Waals surface area contributed by atoms with Crippen LogP contribution in [0.5, 0.6) is 0 Å². The predicted octanol–water partition coefficient (Wildman–Crippen LogP) is 2.43. The van der Waals surface area contributed by atoms with Crippen LogP contribution in [0.2, 0.25) is 0 Å². The van der Waals surface area contributed by atoms with E-state index in [0.29, 0.717) is 12.0 Å². The zero-order chi connectivity index (χ0) is 15.2. The molecule has 1 rings (SSSR count). The van der Waals surface area contributed by atoms with Crippen molar-refractivity contribution in [1.82, 2.24) is 10.2 Å². The highest BCUT2D eigenvalue weighted by Gasteiger charge is 2.33. The lowest BCUT2D eigenvalue weighted by molar-refractivity contribution is -0.150. The van der Waals surface area contributed by atoms with Gasteiger partial charge in [-0.1, -0.05) is 13.8 Å². The van der Waals surface area contributed by atoms with E-state index in [4.69, 9.17) is 4.74 Å². The number of carbonyl (C=O) groups is 1. The highest BCUT2D eigenvalue weighted by Crippen LogP contribution is 2.29. The molecule has 0 amide bonds. The number of likely N-dealkylation sites (tertiary alicyclic amines) is 1. The number of rotatable bonds is 7. The van der Waals surface area contributed by atoms with Gasteiger partial charge >= 0.3 is 5.97 Å². The maximum Gasteiger partial charge on any atom is 0.326 e.